The molecule has 0 aliphatic heterocycles. The highest BCUT2D eigenvalue weighted by molar-refractivity contribution is 5.71. The monoisotopic (exact) mass is 839 g/mol. The molecule has 0 heterocycles. The van der Waals surface area contributed by atoms with Gasteiger partial charge in [-0.25, -0.2) is 0 Å². The minimum absolute atomic E-state index is 0.0979. The minimum Gasteiger partial charge on any atom is -0.462 e. The highest BCUT2D eigenvalue weighted by Gasteiger charge is 2.19. The molecule has 0 amide bonds. The normalized spacial score (nSPS) is 12.5. The summed E-state index contributed by atoms with van der Waals surface area (Å²) < 4.78 is 16.7. The van der Waals surface area contributed by atoms with Gasteiger partial charge in [0.25, 0.3) is 0 Å². The van der Waals surface area contributed by atoms with Crippen LogP contribution in [0.3, 0.4) is 0 Å². The van der Waals surface area contributed by atoms with Crippen molar-refractivity contribution >= 4 is 17.9 Å². The fourth-order valence-corrected chi connectivity index (χ4v) is 7.02. The molecule has 0 spiro atoms. The summed E-state index contributed by atoms with van der Waals surface area (Å²) in [5.41, 5.74) is 0. The SMILES string of the molecule is CC/C=C/C=C/C=C/CCCCCCCC(=O)OC(COC(=O)CC/C=C/C/C=C/CCCCCCCC)COC(=O)CCCCCCCCCCCCCCCCCC. The maximum absolute atomic E-state index is 12.8. The number of hydrogen-bond donors (Lipinski definition) is 0. The van der Waals surface area contributed by atoms with Crippen molar-refractivity contribution in [2.75, 3.05) is 13.2 Å². The molecule has 0 fully saturated rings. The van der Waals surface area contributed by atoms with Gasteiger partial charge in [0.1, 0.15) is 13.2 Å². The van der Waals surface area contributed by atoms with E-state index in [9.17, 15) is 14.4 Å². The molecule has 60 heavy (non-hydrogen) atoms. The predicted octanol–water partition coefficient (Wildman–Crippen LogP) is 16.5. The first kappa shape index (κ1) is 57.1. The summed E-state index contributed by atoms with van der Waals surface area (Å²) in [5, 5.41) is 0. The van der Waals surface area contributed by atoms with Gasteiger partial charge in [-0.2, -0.15) is 0 Å². The molecular formula is C54H94O6. The average molecular weight is 839 g/mol. The first-order valence-corrected chi connectivity index (χ1v) is 25.3. The van der Waals surface area contributed by atoms with Crippen LogP contribution in [0.15, 0.2) is 60.8 Å². The van der Waals surface area contributed by atoms with Crippen LogP contribution in [0, 0.1) is 0 Å². The van der Waals surface area contributed by atoms with E-state index in [1.54, 1.807) is 0 Å². The van der Waals surface area contributed by atoms with E-state index in [0.29, 0.717) is 19.3 Å². The topological polar surface area (TPSA) is 78.9 Å². The molecule has 0 rings (SSSR count). The first-order chi connectivity index (χ1) is 29.5. The van der Waals surface area contributed by atoms with Crippen molar-refractivity contribution in [3.8, 4) is 0 Å². The smallest absolute Gasteiger partial charge is 0.306 e. The van der Waals surface area contributed by atoms with Crippen molar-refractivity contribution in [3.05, 3.63) is 60.8 Å². The number of rotatable bonds is 45. The van der Waals surface area contributed by atoms with Crippen molar-refractivity contribution in [1.29, 1.82) is 0 Å². The Balaban J connectivity index is 4.43. The molecule has 0 aliphatic rings. The second-order valence-electron chi connectivity index (χ2n) is 16.8. The first-order valence-electron chi connectivity index (χ1n) is 25.3. The quantitative estimate of drug-likeness (QED) is 0.0200. The molecule has 1 unspecified atom stereocenters. The lowest BCUT2D eigenvalue weighted by Gasteiger charge is -2.18. The van der Waals surface area contributed by atoms with E-state index in [-0.39, 0.29) is 37.5 Å². The van der Waals surface area contributed by atoms with E-state index < -0.39 is 6.10 Å². The molecule has 0 saturated carbocycles. The summed E-state index contributed by atoms with van der Waals surface area (Å²) in [4.78, 5) is 37.9. The third kappa shape index (κ3) is 46.2. The zero-order valence-electron chi connectivity index (χ0n) is 39.5. The Morgan fingerprint density at radius 3 is 1.23 bits per heavy atom. The minimum atomic E-state index is -0.804. The maximum atomic E-state index is 12.8. The highest BCUT2D eigenvalue weighted by atomic mass is 16.6. The van der Waals surface area contributed by atoms with Crippen LogP contribution in [0.2, 0.25) is 0 Å². The Kier molecular flexibility index (Phi) is 46.4. The lowest BCUT2D eigenvalue weighted by atomic mass is 10.0. The average Bonchev–Trinajstić information content (AvgIpc) is 3.24. The molecule has 1 atom stereocenters. The number of carbonyl (C=O) groups excluding carboxylic acids is 3. The highest BCUT2D eigenvalue weighted by Crippen LogP contribution is 2.15. The van der Waals surface area contributed by atoms with Crippen molar-refractivity contribution in [3.63, 3.8) is 0 Å². The standard InChI is InChI=1S/C54H94O6/c1-4-7-10-13-16-19-22-25-26-27-30-32-35-38-41-44-47-53(56)59-50-51(60-54(57)48-45-42-39-36-33-29-24-21-18-15-12-9-6-3)49-58-52(55)46-43-40-37-34-31-28-23-20-17-14-11-8-5-2/h9,12,15,18,21,24,28,31,37,40,51H,4-8,10-11,13-14,16-17,19-20,22-23,25-27,29-30,32-36,38-39,41-50H2,1-3H3/b12-9+,18-15+,24-21+,31-28+,40-37+. The van der Waals surface area contributed by atoms with Gasteiger partial charge in [0.15, 0.2) is 6.10 Å². The lowest BCUT2D eigenvalue weighted by Crippen LogP contribution is -2.30. The van der Waals surface area contributed by atoms with Gasteiger partial charge in [-0.05, 0) is 57.8 Å². The summed E-state index contributed by atoms with van der Waals surface area (Å²) in [6.45, 7) is 6.43. The summed E-state index contributed by atoms with van der Waals surface area (Å²) in [7, 11) is 0. The molecular weight excluding hydrogens is 745 g/mol. The predicted molar refractivity (Wildman–Crippen MR) is 256 cm³/mol. The molecule has 0 aromatic heterocycles. The zero-order chi connectivity index (χ0) is 43.7. The number of unbranched alkanes of at least 4 members (excludes halogenated alkanes) is 26. The number of esters is 3. The van der Waals surface area contributed by atoms with Gasteiger partial charge >= 0.3 is 17.9 Å². The molecule has 0 aromatic carbocycles. The molecule has 0 radical (unpaired) electrons. The molecule has 346 valence electrons. The molecule has 0 aliphatic carbocycles. The summed E-state index contributed by atoms with van der Waals surface area (Å²) >= 11 is 0. The van der Waals surface area contributed by atoms with Crippen LogP contribution in [0.4, 0.5) is 0 Å². The largest absolute Gasteiger partial charge is 0.462 e. The van der Waals surface area contributed by atoms with Gasteiger partial charge < -0.3 is 14.2 Å². The van der Waals surface area contributed by atoms with Crippen molar-refractivity contribution < 1.29 is 28.6 Å². The summed E-state index contributed by atoms with van der Waals surface area (Å²) in [6.07, 6.45) is 59.3. The second kappa shape index (κ2) is 48.8. The molecule has 0 N–H and O–H groups in total. The van der Waals surface area contributed by atoms with E-state index in [0.717, 1.165) is 77.0 Å². The van der Waals surface area contributed by atoms with E-state index in [4.69, 9.17) is 14.2 Å². The zero-order valence-corrected chi connectivity index (χ0v) is 39.5. The third-order valence-electron chi connectivity index (χ3n) is 10.8. The second-order valence-corrected chi connectivity index (χ2v) is 16.8. The van der Waals surface area contributed by atoms with Crippen LogP contribution in [0.25, 0.3) is 0 Å². The number of hydrogen-bond acceptors (Lipinski definition) is 6. The fraction of sp³-hybridized carbons (Fsp3) is 0.759. The maximum Gasteiger partial charge on any atom is 0.306 e. The van der Waals surface area contributed by atoms with Crippen molar-refractivity contribution in [2.24, 2.45) is 0 Å². The van der Waals surface area contributed by atoms with E-state index >= 15 is 0 Å². The van der Waals surface area contributed by atoms with Crippen LogP contribution < -0.4 is 0 Å². The Bertz CT molecular complexity index is 1100. The van der Waals surface area contributed by atoms with Gasteiger partial charge in [0, 0.05) is 19.3 Å². The van der Waals surface area contributed by atoms with Gasteiger partial charge in [-0.15, -0.1) is 0 Å². The Labute approximate surface area is 370 Å². The van der Waals surface area contributed by atoms with E-state index in [1.807, 2.05) is 6.08 Å². The van der Waals surface area contributed by atoms with Crippen LogP contribution >= 0.6 is 0 Å². The van der Waals surface area contributed by atoms with Crippen LogP contribution in [0.1, 0.15) is 245 Å². The van der Waals surface area contributed by atoms with Gasteiger partial charge in [-0.1, -0.05) is 229 Å². The number of carbonyl (C=O) groups is 3. The lowest BCUT2D eigenvalue weighted by molar-refractivity contribution is -0.166. The Hall–Kier alpha value is -2.89. The molecule has 0 saturated heterocycles. The molecule has 0 bridgehead atoms. The Morgan fingerprint density at radius 2 is 0.750 bits per heavy atom. The van der Waals surface area contributed by atoms with Gasteiger partial charge in [0.2, 0.25) is 0 Å². The van der Waals surface area contributed by atoms with Crippen LogP contribution in [-0.4, -0.2) is 37.2 Å². The summed E-state index contributed by atoms with van der Waals surface area (Å²) in [6, 6.07) is 0. The third-order valence-corrected chi connectivity index (χ3v) is 10.8. The number of allylic oxidation sites excluding steroid dienone is 10. The van der Waals surface area contributed by atoms with Crippen molar-refractivity contribution in [1.82, 2.24) is 0 Å². The number of ether oxygens (including phenoxy) is 3. The molecule has 6 heteroatoms. The molecule has 6 nitrogen and oxygen atoms in total. The van der Waals surface area contributed by atoms with E-state index in [2.05, 4.69) is 75.5 Å². The summed E-state index contributed by atoms with van der Waals surface area (Å²) in [5.74, 6) is -0.986. The van der Waals surface area contributed by atoms with Gasteiger partial charge in [-0.3, -0.25) is 14.4 Å². The van der Waals surface area contributed by atoms with E-state index in [1.165, 1.54) is 122 Å². The Morgan fingerprint density at radius 1 is 0.367 bits per heavy atom. The van der Waals surface area contributed by atoms with Gasteiger partial charge in [0.05, 0.1) is 0 Å². The molecule has 0 aromatic rings. The van der Waals surface area contributed by atoms with Crippen LogP contribution in [-0.2, 0) is 28.6 Å². The van der Waals surface area contributed by atoms with Crippen molar-refractivity contribution in [2.45, 2.75) is 252 Å². The van der Waals surface area contributed by atoms with Crippen LogP contribution in [0.5, 0.6) is 0 Å². The fourth-order valence-electron chi connectivity index (χ4n) is 7.02.